The Kier molecular flexibility index (Phi) is 4.65. The largest absolute Gasteiger partial charge is 0.404 e. The number of pyridine rings is 1. The Morgan fingerprint density at radius 2 is 2.07 bits per heavy atom. The minimum absolute atomic E-state index is 0.253. The summed E-state index contributed by atoms with van der Waals surface area (Å²) in [4.78, 5) is 8.85. The SMILES string of the molecule is C=C(N=C(N)/C(=C\N)C1CC1)c1nn(Cc2ccccc2F)c2ncccc12. The van der Waals surface area contributed by atoms with Crippen LogP contribution in [0.25, 0.3) is 16.7 Å². The van der Waals surface area contributed by atoms with Crippen molar-refractivity contribution in [2.45, 2.75) is 19.4 Å². The van der Waals surface area contributed by atoms with E-state index in [0.717, 1.165) is 23.8 Å². The van der Waals surface area contributed by atoms with Crippen LogP contribution in [0.1, 0.15) is 24.1 Å². The topological polar surface area (TPSA) is 95.1 Å². The number of rotatable bonds is 6. The first-order valence-corrected chi connectivity index (χ1v) is 9.09. The molecule has 0 bridgehead atoms. The third-order valence-corrected chi connectivity index (χ3v) is 4.81. The number of nitrogens with zero attached hydrogens (tertiary/aromatic N) is 4. The Morgan fingerprint density at radius 3 is 2.79 bits per heavy atom. The van der Waals surface area contributed by atoms with E-state index in [1.807, 2.05) is 12.1 Å². The highest BCUT2D eigenvalue weighted by molar-refractivity contribution is 6.02. The van der Waals surface area contributed by atoms with E-state index in [-0.39, 0.29) is 12.4 Å². The van der Waals surface area contributed by atoms with E-state index in [2.05, 4.69) is 21.7 Å². The summed E-state index contributed by atoms with van der Waals surface area (Å²) in [6.45, 7) is 4.29. The maximum absolute atomic E-state index is 14.1. The van der Waals surface area contributed by atoms with Crippen molar-refractivity contribution in [3.8, 4) is 0 Å². The summed E-state index contributed by atoms with van der Waals surface area (Å²) in [7, 11) is 0. The van der Waals surface area contributed by atoms with Crippen LogP contribution in [0.2, 0.25) is 0 Å². The highest BCUT2D eigenvalue weighted by Gasteiger charge is 2.28. The molecule has 0 amide bonds. The summed E-state index contributed by atoms with van der Waals surface area (Å²) in [5.41, 5.74) is 14.8. The number of fused-ring (bicyclic) bond motifs is 1. The van der Waals surface area contributed by atoms with E-state index < -0.39 is 0 Å². The van der Waals surface area contributed by atoms with Crippen molar-refractivity contribution < 1.29 is 4.39 Å². The lowest BCUT2D eigenvalue weighted by molar-refractivity contribution is 0.588. The summed E-state index contributed by atoms with van der Waals surface area (Å²) in [5.74, 6) is 0.446. The van der Waals surface area contributed by atoms with Crippen LogP contribution >= 0.6 is 0 Å². The number of halogens is 1. The molecule has 6 nitrogen and oxygen atoms in total. The molecule has 2 heterocycles. The maximum Gasteiger partial charge on any atom is 0.158 e. The number of hydrogen-bond donors (Lipinski definition) is 2. The Balaban J connectivity index is 1.72. The number of amidine groups is 1. The van der Waals surface area contributed by atoms with Gasteiger partial charge >= 0.3 is 0 Å². The molecule has 2 aromatic heterocycles. The molecule has 1 saturated carbocycles. The molecule has 0 saturated heterocycles. The van der Waals surface area contributed by atoms with Gasteiger partial charge in [0, 0.05) is 28.9 Å². The third kappa shape index (κ3) is 3.38. The first-order valence-electron chi connectivity index (χ1n) is 9.09. The number of aliphatic imine (C=N–C) groups is 1. The van der Waals surface area contributed by atoms with E-state index >= 15 is 0 Å². The van der Waals surface area contributed by atoms with Gasteiger partial charge in [-0.3, -0.25) is 0 Å². The summed E-state index contributed by atoms with van der Waals surface area (Å²) < 4.78 is 15.7. The van der Waals surface area contributed by atoms with E-state index in [9.17, 15) is 4.39 Å². The number of aromatic nitrogens is 3. The zero-order valence-electron chi connectivity index (χ0n) is 15.3. The number of nitrogens with two attached hydrogens (primary N) is 2. The minimum atomic E-state index is -0.285. The fourth-order valence-electron chi connectivity index (χ4n) is 3.21. The molecule has 0 spiro atoms. The van der Waals surface area contributed by atoms with E-state index in [4.69, 9.17) is 11.5 Å². The van der Waals surface area contributed by atoms with Crippen molar-refractivity contribution in [1.29, 1.82) is 0 Å². The van der Waals surface area contributed by atoms with Crippen LogP contribution in [0.3, 0.4) is 0 Å². The molecule has 1 aromatic carbocycles. The Hall–Kier alpha value is -3.48. The zero-order valence-corrected chi connectivity index (χ0v) is 15.3. The van der Waals surface area contributed by atoms with E-state index in [0.29, 0.717) is 34.4 Å². The Labute approximate surface area is 162 Å². The van der Waals surface area contributed by atoms with Gasteiger partial charge in [0.25, 0.3) is 0 Å². The van der Waals surface area contributed by atoms with Crippen LogP contribution in [0.15, 0.2) is 65.9 Å². The second-order valence-electron chi connectivity index (χ2n) is 6.81. The van der Waals surface area contributed by atoms with Gasteiger partial charge in [0.15, 0.2) is 5.65 Å². The predicted octanol–water partition coefficient (Wildman–Crippen LogP) is 3.20. The Morgan fingerprint density at radius 1 is 1.29 bits per heavy atom. The summed E-state index contributed by atoms with van der Waals surface area (Å²) in [6, 6.07) is 10.3. The normalized spacial score (nSPS) is 15.2. The molecule has 1 aliphatic rings. The van der Waals surface area contributed by atoms with Crippen molar-refractivity contribution in [2.24, 2.45) is 22.4 Å². The van der Waals surface area contributed by atoms with Crippen LogP contribution in [-0.2, 0) is 6.54 Å². The Bertz CT molecular complexity index is 1110. The second-order valence-corrected chi connectivity index (χ2v) is 6.81. The summed E-state index contributed by atoms with van der Waals surface area (Å²) in [6.07, 6.45) is 5.32. The van der Waals surface area contributed by atoms with Gasteiger partial charge in [0.1, 0.15) is 17.3 Å². The molecule has 7 heteroatoms. The van der Waals surface area contributed by atoms with Gasteiger partial charge in [-0.1, -0.05) is 24.8 Å². The van der Waals surface area contributed by atoms with Crippen molar-refractivity contribution in [3.05, 3.63) is 78.0 Å². The van der Waals surface area contributed by atoms with Gasteiger partial charge in [0.2, 0.25) is 0 Å². The fourth-order valence-corrected chi connectivity index (χ4v) is 3.21. The first-order chi connectivity index (χ1) is 13.6. The number of benzene rings is 1. The van der Waals surface area contributed by atoms with Gasteiger partial charge in [-0.15, -0.1) is 0 Å². The first kappa shape index (κ1) is 17.9. The van der Waals surface area contributed by atoms with Crippen molar-refractivity contribution in [2.75, 3.05) is 0 Å². The third-order valence-electron chi connectivity index (χ3n) is 4.81. The highest BCUT2D eigenvalue weighted by atomic mass is 19.1. The van der Waals surface area contributed by atoms with E-state index in [1.54, 1.807) is 29.1 Å². The number of hydrogen-bond acceptors (Lipinski definition) is 4. The molecule has 4 rings (SSSR count). The van der Waals surface area contributed by atoms with Crippen molar-refractivity contribution >= 4 is 22.6 Å². The van der Waals surface area contributed by atoms with Crippen LogP contribution in [-0.4, -0.2) is 20.6 Å². The molecule has 3 aromatic rings. The molecule has 0 aliphatic heterocycles. The van der Waals surface area contributed by atoms with Crippen LogP contribution in [0, 0.1) is 11.7 Å². The lowest BCUT2D eigenvalue weighted by Gasteiger charge is -2.05. The summed E-state index contributed by atoms with van der Waals surface area (Å²) >= 11 is 0. The molecular formula is C21H21FN6. The van der Waals surface area contributed by atoms with Gasteiger partial charge in [-0.05, 0) is 37.0 Å². The molecule has 1 fully saturated rings. The molecule has 0 radical (unpaired) electrons. The molecule has 4 N–H and O–H groups in total. The zero-order chi connectivity index (χ0) is 19.7. The second kappa shape index (κ2) is 7.26. The smallest absolute Gasteiger partial charge is 0.158 e. The fraction of sp³-hybridized carbons (Fsp3) is 0.190. The minimum Gasteiger partial charge on any atom is -0.404 e. The predicted molar refractivity (Wildman–Crippen MR) is 109 cm³/mol. The molecule has 142 valence electrons. The molecule has 0 atom stereocenters. The quantitative estimate of drug-likeness (QED) is 0.510. The molecule has 0 unspecified atom stereocenters. The average molecular weight is 376 g/mol. The van der Waals surface area contributed by atoms with Crippen LogP contribution in [0.5, 0.6) is 0 Å². The highest BCUT2D eigenvalue weighted by Crippen LogP contribution is 2.36. The van der Waals surface area contributed by atoms with Crippen molar-refractivity contribution in [3.63, 3.8) is 0 Å². The standard InChI is InChI=1S/C21H21FN6/c1-13(26-20(24)17(11-23)14-8-9-14)19-16-6-4-10-25-21(16)28(27-19)12-15-5-2-3-7-18(15)22/h2-7,10-11,14H,1,8-9,12,23H2,(H2,24,26)/b17-11-. The monoisotopic (exact) mass is 376 g/mol. The lowest BCUT2D eigenvalue weighted by Crippen LogP contribution is -2.17. The van der Waals surface area contributed by atoms with Crippen molar-refractivity contribution in [1.82, 2.24) is 14.8 Å². The maximum atomic E-state index is 14.1. The van der Waals surface area contributed by atoms with Gasteiger partial charge in [0.05, 0.1) is 12.2 Å². The molecule has 28 heavy (non-hydrogen) atoms. The van der Waals surface area contributed by atoms with E-state index in [1.165, 1.54) is 12.3 Å². The van der Waals surface area contributed by atoms with Gasteiger partial charge in [-0.25, -0.2) is 19.0 Å². The van der Waals surface area contributed by atoms with Crippen LogP contribution in [0.4, 0.5) is 4.39 Å². The molecular weight excluding hydrogens is 355 g/mol. The van der Waals surface area contributed by atoms with Gasteiger partial charge < -0.3 is 11.5 Å². The van der Waals surface area contributed by atoms with Gasteiger partial charge in [-0.2, -0.15) is 5.10 Å². The summed E-state index contributed by atoms with van der Waals surface area (Å²) in [5, 5.41) is 5.38. The molecule has 1 aliphatic carbocycles. The average Bonchev–Trinajstić information content (AvgIpc) is 3.45. The lowest BCUT2D eigenvalue weighted by atomic mass is 10.1. The van der Waals surface area contributed by atoms with Crippen LogP contribution < -0.4 is 11.5 Å².